The van der Waals surface area contributed by atoms with Crippen LogP contribution >= 0.6 is 63.2 Å². The lowest BCUT2D eigenvalue weighted by molar-refractivity contribution is 0.0717. The molecule has 470 valence electrons. The molecule has 3 atom stereocenters. The van der Waals surface area contributed by atoms with Gasteiger partial charge >= 0.3 is 0 Å². The summed E-state index contributed by atoms with van der Waals surface area (Å²) in [5.74, 6) is 2.55. The molecule has 0 saturated carbocycles. The van der Waals surface area contributed by atoms with E-state index in [-0.39, 0.29) is 121 Å². The first-order chi connectivity index (χ1) is 39.2. The third-order valence-corrected chi connectivity index (χ3v) is 15.7. The fourth-order valence-corrected chi connectivity index (χ4v) is 11.3. The molecule has 3 amide bonds. The van der Waals surface area contributed by atoms with Gasteiger partial charge in [-0.1, -0.05) is 53.9 Å². The van der Waals surface area contributed by atoms with Crippen molar-refractivity contribution >= 4 is 116 Å². The number of aliphatic hydroxyl groups excluding tert-OH is 3. The van der Waals surface area contributed by atoms with E-state index in [2.05, 4.69) is 76.6 Å². The normalized spacial score (nSPS) is 14.0. The van der Waals surface area contributed by atoms with Crippen molar-refractivity contribution < 1.29 is 29.7 Å². The minimum atomic E-state index is -0.0832. The molecule has 0 unspecified atom stereocenters. The van der Waals surface area contributed by atoms with Crippen LogP contribution in [0.1, 0.15) is 163 Å². The van der Waals surface area contributed by atoms with Crippen LogP contribution in [0.4, 0.5) is 35.3 Å². The summed E-state index contributed by atoms with van der Waals surface area (Å²) in [6.07, 6.45) is 12.7. The molecule has 6 aromatic heterocycles. The van der Waals surface area contributed by atoms with Gasteiger partial charge in [-0.2, -0.15) is 55.4 Å². The first kappa shape index (κ1) is 73.2. The van der Waals surface area contributed by atoms with E-state index in [1.54, 1.807) is 31.0 Å². The molecule has 0 aliphatic carbocycles. The van der Waals surface area contributed by atoms with Crippen LogP contribution in [0.25, 0.3) is 0 Å². The highest BCUT2D eigenvalue weighted by Gasteiger charge is 2.31. The van der Waals surface area contributed by atoms with Gasteiger partial charge < -0.3 is 67.7 Å². The van der Waals surface area contributed by atoms with Crippen LogP contribution in [0.15, 0.2) is 34.6 Å². The van der Waals surface area contributed by atoms with Crippen molar-refractivity contribution in [1.29, 1.82) is 0 Å². The van der Waals surface area contributed by atoms with Gasteiger partial charge in [0, 0.05) is 111 Å². The van der Waals surface area contributed by atoms with E-state index < -0.39 is 0 Å². The summed E-state index contributed by atoms with van der Waals surface area (Å²) < 4.78 is 1.83. The molecule has 0 fully saturated rings. The highest BCUT2D eigenvalue weighted by molar-refractivity contribution is 7.59. The number of nitrogens with one attached hydrogen (secondary N) is 3. The second-order valence-corrected chi connectivity index (χ2v) is 22.2. The number of aryl methyl sites for hydroxylation is 2. The third-order valence-electron chi connectivity index (χ3n) is 14.4. The number of rotatable bonds is 22. The van der Waals surface area contributed by atoms with Crippen LogP contribution in [0.5, 0.6) is 0 Å². The SMILES string of the molecule is C.CCCC[C@@H](CCO)Nc1nc(N)nc2c1CCN(C(=O)c1cccn1C)C2.CCC[C@@H](CCO)Nc1nc(N)nc2c1CN(C(=O)c1csc(C)n1)CC2.CCC[C@@H](CCO)Nc1nc(N)nc2c1CN(C(=O)c1cscn1)CC2.S.S.S. The van der Waals surface area contributed by atoms with Crippen LogP contribution in [0.3, 0.4) is 0 Å². The Hall–Kier alpha value is -6.08. The van der Waals surface area contributed by atoms with E-state index >= 15 is 0 Å². The van der Waals surface area contributed by atoms with Crippen molar-refractivity contribution in [3.63, 3.8) is 0 Å². The van der Waals surface area contributed by atoms with Gasteiger partial charge in [0.1, 0.15) is 34.5 Å². The molecule has 3 aliphatic heterocycles. The Morgan fingerprint density at radius 2 is 1.06 bits per heavy atom. The zero-order chi connectivity index (χ0) is 58.0. The molecule has 9 rings (SSSR count). The molecule has 29 heteroatoms. The third kappa shape index (κ3) is 20.0. The fourth-order valence-electron chi connectivity index (χ4n) is 10.2. The second kappa shape index (κ2) is 36.2. The van der Waals surface area contributed by atoms with E-state index in [4.69, 9.17) is 17.2 Å². The van der Waals surface area contributed by atoms with Crippen LogP contribution in [-0.2, 0) is 45.9 Å². The summed E-state index contributed by atoms with van der Waals surface area (Å²) in [5, 5.41) is 42.7. The number of hydrogen-bond donors (Lipinski definition) is 9. The van der Waals surface area contributed by atoms with Gasteiger partial charge in [-0.15, -0.1) is 22.7 Å². The summed E-state index contributed by atoms with van der Waals surface area (Å²) in [4.78, 5) is 78.3. The number of carbonyl (C=O) groups excluding carboxylic acids is 3. The van der Waals surface area contributed by atoms with E-state index in [0.29, 0.717) is 107 Å². The molecule has 85 heavy (non-hydrogen) atoms. The first-order valence-corrected chi connectivity index (χ1v) is 29.9. The van der Waals surface area contributed by atoms with Crippen LogP contribution < -0.4 is 33.2 Å². The number of aromatic nitrogens is 9. The summed E-state index contributed by atoms with van der Waals surface area (Å²) in [6.45, 7) is 11.6. The van der Waals surface area contributed by atoms with Crippen molar-refractivity contribution in [2.75, 3.05) is 72.6 Å². The molecular formula is C56H90N18O6S5. The van der Waals surface area contributed by atoms with Gasteiger partial charge in [0.05, 0.1) is 47.2 Å². The summed E-state index contributed by atoms with van der Waals surface area (Å²) in [7, 11) is 1.87. The molecule has 24 nitrogen and oxygen atoms in total. The predicted octanol–water partition coefficient (Wildman–Crippen LogP) is 6.59. The summed E-state index contributed by atoms with van der Waals surface area (Å²) in [5.41, 5.74) is 26.4. The lowest BCUT2D eigenvalue weighted by Gasteiger charge is -2.30. The Kier molecular flexibility index (Phi) is 31.1. The van der Waals surface area contributed by atoms with E-state index in [9.17, 15) is 29.7 Å². The highest BCUT2D eigenvalue weighted by atomic mass is 32.1. The molecule has 0 bridgehead atoms. The van der Waals surface area contributed by atoms with Gasteiger partial charge in [-0.05, 0) is 64.0 Å². The molecule has 6 aromatic rings. The number of fused-ring (bicyclic) bond motifs is 3. The van der Waals surface area contributed by atoms with Gasteiger partial charge in [0.25, 0.3) is 17.7 Å². The maximum atomic E-state index is 12.8. The van der Waals surface area contributed by atoms with Gasteiger partial charge in [-0.3, -0.25) is 14.4 Å². The number of thiazole rings is 2. The molecule has 0 radical (unpaired) electrons. The Balaban J connectivity index is 0.000000326. The predicted molar refractivity (Wildman–Crippen MR) is 354 cm³/mol. The van der Waals surface area contributed by atoms with Crippen LogP contribution in [-0.4, -0.2) is 150 Å². The Morgan fingerprint density at radius 1 is 0.588 bits per heavy atom. The van der Waals surface area contributed by atoms with Crippen LogP contribution in [0, 0.1) is 6.92 Å². The average Bonchev–Trinajstić information content (AvgIpc) is 4.01. The van der Waals surface area contributed by atoms with Gasteiger partial charge in [-0.25, -0.2) is 24.9 Å². The van der Waals surface area contributed by atoms with Crippen molar-refractivity contribution in [3.05, 3.63) is 90.5 Å². The molecule has 0 aromatic carbocycles. The molecule has 0 spiro atoms. The van der Waals surface area contributed by atoms with Gasteiger partial charge in [0.2, 0.25) is 17.8 Å². The Bertz CT molecular complexity index is 3010. The van der Waals surface area contributed by atoms with E-state index in [0.717, 1.165) is 89.5 Å². The monoisotopic (exact) mass is 1270 g/mol. The lowest BCUT2D eigenvalue weighted by Crippen LogP contribution is -2.38. The molecular weight excluding hydrogens is 1180 g/mol. The molecule has 12 N–H and O–H groups in total. The number of carbonyl (C=O) groups is 3. The molecule has 9 heterocycles. The standard InChI is InChI=1S/C20H30N6O2.C18H26N6O2S.C17H24N6O2S.CH4.3H2S/c1-3-4-6-14(9-12-27)22-18-15-8-11-26(13-16(15)23-20(21)24-18)19(28)17-7-5-10-25(17)2;1-3-4-12(6-8-25)21-16-13-9-24(7-5-14(13)22-18(19)23-16)17(26)15-10-27-11(2)20-15;1-2-3-11(5-7-24)20-15-12-8-23(16(25)14-9-26-10-19-14)6-4-13(12)21-17(18)22-15;;;;/h5,7,10,14,27H,3-4,6,8-9,11-13H2,1-2H3,(H3,21,22,23,24);10,12,25H,3-9H2,1-2H3,(H3,19,21,22,23);9-11,24H,2-8H2,1H3,(H3,18,20,21,22);1H4;3*1H2/t14-;12-;11-;;;;/m000..../s1. The van der Waals surface area contributed by atoms with Crippen molar-refractivity contribution in [2.45, 2.75) is 156 Å². The smallest absolute Gasteiger partial charge is 0.273 e. The lowest BCUT2D eigenvalue weighted by atomic mass is 10.0. The quantitative estimate of drug-likeness (QED) is 0.0346. The fraction of sp³-hybridized carbons (Fsp3) is 0.554. The maximum absolute atomic E-state index is 12.8. The minimum absolute atomic E-state index is 0. The number of nitrogens with zero attached hydrogens (tertiary/aromatic N) is 12. The van der Waals surface area contributed by atoms with E-state index in [1.165, 1.54) is 22.7 Å². The average molecular weight is 1270 g/mol. The Morgan fingerprint density at radius 3 is 1.49 bits per heavy atom. The van der Waals surface area contributed by atoms with Gasteiger partial charge in [0.15, 0.2) is 0 Å². The number of aliphatic hydroxyl groups is 3. The van der Waals surface area contributed by atoms with Crippen LogP contribution in [0.2, 0.25) is 0 Å². The first-order valence-electron chi connectivity index (χ1n) is 28.0. The van der Waals surface area contributed by atoms with E-state index in [1.807, 2.05) is 36.9 Å². The summed E-state index contributed by atoms with van der Waals surface area (Å²) >= 11 is 2.88. The molecule has 3 aliphatic rings. The van der Waals surface area contributed by atoms with Crippen molar-refractivity contribution in [2.24, 2.45) is 7.05 Å². The number of unbranched alkanes of at least 4 members (excludes halogenated alkanes) is 1. The topological polar surface area (TPSA) is 344 Å². The number of nitrogens with two attached hydrogens (primary N) is 3. The number of nitrogen functional groups attached to an aromatic ring is 3. The zero-order valence-corrected chi connectivity index (χ0v) is 53.4. The number of amides is 3. The Labute approximate surface area is 528 Å². The largest absolute Gasteiger partial charge is 0.396 e. The zero-order valence-electron chi connectivity index (χ0n) is 48.7. The number of anilines is 6. The second-order valence-electron chi connectivity index (χ2n) is 20.4. The maximum Gasteiger partial charge on any atom is 0.273 e. The van der Waals surface area contributed by atoms with Crippen molar-refractivity contribution in [3.8, 4) is 0 Å². The highest BCUT2D eigenvalue weighted by Crippen LogP contribution is 2.31. The minimum Gasteiger partial charge on any atom is -0.396 e. The molecule has 0 saturated heterocycles. The number of hydrogen-bond acceptors (Lipinski definition) is 22. The van der Waals surface area contributed by atoms with Crippen molar-refractivity contribution in [1.82, 2.24) is 59.1 Å². The summed E-state index contributed by atoms with van der Waals surface area (Å²) in [6, 6.07) is 4.04.